The summed E-state index contributed by atoms with van der Waals surface area (Å²) >= 11 is 0. The molecule has 1 saturated carbocycles. The third-order valence-corrected chi connectivity index (χ3v) is 4.51. The molecule has 1 aliphatic heterocycles. The molecule has 1 aromatic carbocycles. The molecule has 0 bridgehead atoms. The number of nitrogens with zero attached hydrogens (tertiary/aromatic N) is 1. The fourth-order valence-corrected chi connectivity index (χ4v) is 3.43. The molecule has 20 heavy (non-hydrogen) atoms. The largest absolute Gasteiger partial charge is 0.481 e. The Kier molecular flexibility index (Phi) is 3.47. The number of carbonyl (C=O) groups is 2. The number of carboxylic acids is 1. The van der Waals surface area contributed by atoms with Gasteiger partial charge in [-0.2, -0.15) is 0 Å². The average Bonchev–Trinajstić information content (AvgIpc) is 3.05. The number of benzene rings is 1. The Bertz CT molecular complexity index is 534. The smallest absolute Gasteiger partial charge is 0.312 e. The number of para-hydroxylation sites is 1. The molecule has 1 atom stereocenters. The highest BCUT2D eigenvalue weighted by Gasteiger charge is 2.36. The van der Waals surface area contributed by atoms with E-state index in [2.05, 4.69) is 0 Å². The second-order valence-corrected chi connectivity index (χ2v) is 5.81. The van der Waals surface area contributed by atoms with Crippen molar-refractivity contribution in [1.82, 2.24) is 0 Å². The van der Waals surface area contributed by atoms with E-state index in [1.54, 1.807) is 4.90 Å². The zero-order valence-corrected chi connectivity index (χ0v) is 11.4. The quantitative estimate of drug-likeness (QED) is 0.921. The summed E-state index contributed by atoms with van der Waals surface area (Å²) < 4.78 is 0. The normalized spacial score (nSPS) is 22.0. The van der Waals surface area contributed by atoms with Crippen LogP contribution in [0.4, 0.5) is 5.69 Å². The van der Waals surface area contributed by atoms with Gasteiger partial charge < -0.3 is 10.0 Å². The number of fused-ring (bicyclic) bond motifs is 1. The fourth-order valence-electron chi connectivity index (χ4n) is 3.43. The van der Waals surface area contributed by atoms with Gasteiger partial charge in [0.15, 0.2) is 0 Å². The van der Waals surface area contributed by atoms with Crippen LogP contribution in [0.2, 0.25) is 0 Å². The first-order valence-corrected chi connectivity index (χ1v) is 7.29. The van der Waals surface area contributed by atoms with Gasteiger partial charge in [-0.3, -0.25) is 9.59 Å². The molecule has 0 spiro atoms. The molecule has 1 aromatic rings. The van der Waals surface area contributed by atoms with Crippen molar-refractivity contribution in [3.8, 4) is 0 Å². The molecule has 4 heteroatoms. The second kappa shape index (κ2) is 5.27. The number of rotatable bonds is 3. The van der Waals surface area contributed by atoms with E-state index in [1.807, 2.05) is 24.3 Å². The lowest BCUT2D eigenvalue weighted by Gasteiger charge is -2.19. The van der Waals surface area contributed by atoms with Crippen molar-refractivity contribution in [3.05, 3.63) is 29.8 Å². The summed E-state index contributed by atoms with van der Waals surface area (Å²) in [5.41, 5.74) is 1.54. The molecular weight excluding hydrogens is 254 g/mol. The molecule has 0 unspecified atom stereocenters. The predicted octanol–water partition coefficient (Wildman–Crippen LogP) is 2.78. The van der Waals surface area contributed by atoms with Crippen molar-refractivity contribution < 1.29 is 14.7 Å². The van der Waals surface area contributed by atoms with E-state index in [-0.39, 0.29) is 12.5 Å². The Hall–Kier alpha value is -1.84. The van der Waals surface area contributed by atoms with Crippen molar-refractivity contribution in [2.24, 2.45) is 5.92 Å². The summed E-state index contributed by atoms with van der Waals surface area (Å²) in [4.78, 5) is 25.5. The number of amides is 1. The summed E-state index contributed by atoms with van der Waals surface area (Å²) in [5.74, 6) is -0.876. The van der Waals surface area contributed by atoms with Crippen LogP contribution in [0.1, 0.15) is 43.6 Å². The lowest BCUT2D eigenvalue weighted by Crippen LogP contribution is -2.32. The molecule has 3 rings (SSSR count). The zero-order chi connectivity index (χ0) is 14.1. The molecule has 1 aliphatic carbocycles. The first kappa shape index (κ1) is 13.2. The van der Waals surface area contributed by atoms with Gasteiger partial charge in [-0.05, 0) is 30.4 Å². The van der Waals surface area contributed by atoms with Crippen LogP contribution in [-0.4, -0.2) is 23.5 Å². The highest BCUT2D eigenvalue weighted by molar-refractivity contribution is 5.99. The van der Waals surface area contributed by atoms with Crippen molar-refractivity contribution in [1.29, 1.82) is 0 Å². The third-order valence-electron chi connectivity index (χ3n) is 4.51. The van der Waals surface area contributed by atoms with Crippen LogP contribution >= 0.6 is 0 Å². The minimum absolute atomic E-state index is 0.0769. The van der Waals surface area contributed by atoms with E-state index >= 15 is 0 Å². The van der Waals surface area contributed by atoms with Gasteiger partial charge in [0.25, 0.3) is 0 Å². The van der Waals surface area contributed by atoms with Gasteiger partial charge in [0, 0.05) is 18.7 Å². The second-order valence-electron chi connectivity index (χ2n) is 5.81. The van der Waals surface area contributed by atoms with Gasteiger partial charge in [0.05, 0.1) is 0 Å². The number of carboxylic acid groups (broad SMARTS) is 1. The number of aliphatic carboxylic acids is 1. The maximum absolute atomic E-state index is 12.5. The highest BCUT2D eigenvalue weighted by Crippen LogP contribution is 2.37. The summed E-state index contributed by atoms with van der Waals surface area (Å²) in [6.07, 6.45) is 5.24. The molecule has 1 N–H and O–H groups in total. The maximum Gasteiger partial charge on any atom is 0.312 e. The molecule has 0 radical (unpaired) electrons. The van der Waals surface area contributed by atoms with Crippen LogP contribution in [0.5, 0.6) is 0 Å². The van der Waals surface area contributed by atoms with Gasteiger partial charge in [0.1, 0.15) is 5.92 Å². The Morgan fingerprint density at radius 2 is 1.90 bits per heavy atom. The molecule has 1 amide bonds. The Labute approximate surface area is 118 Å². The van der Waals surface area contributed by atoms with Crippen molar-refractivity contribution in [2.75, 3.05) is 11.4 Å². The maximum atomic E-state index is 12.5. The first-order chi connectivity index (χ1) is 9.66. The van der Waals surface area contributed by atoms with Gasteiger partial charge in [-0.25, -0.2) is 0 Å². The number of carbonyl (C=O) groups excluding carboxylic acids is 1. The fraction of sp³-hybridized carbons (Fsp3) is 0.500. The summed E-state index contributed by atoms with van der Waals surface area (Å²) in [7, 11) is 0. The molecule has 1 fully saturated rings. The van der Waals surface area contributed by atoms with E-state index in [4.69, 9.17) is 0 Å². The van der Waals surface area contributed by atoms with E-state index in [1.165, 1.54) is 12.8 Å². The van der Waals surface area contributed by atoms with Gasteiger partial charge >= 0.3 is 5.97 Å². The lowest BCUT2D eigenvalue weighted by atomic mass is 10.0. The standard InChI is InChI=1S/C16H19NO3/c18-15(9-11-5-1-2-6-11)17-10-13(16(19)20)12-7-3-4-8-14(12)17/h3-4,7-8,11,13H,1-2,5-6,9-10H2,(H,19,20)/t13-/m0/s1. The van der Waals surface area contributed by atoms with Crippen LogP contribution in [0, 0.1) is 5.92 Å². The van der Waals surface area contributed by atoms with Crippen LogP contribution in [0.15, 0.2) is 24.3 Å². The summed E-state index contributed by atoms with van der Waals surface area (Å²) in [6, 6.07) is 7.36. The van der Waals surface area contributed by atoms with Crippen molar-refractivity contribution >= 4 is 17.6 Å². The molecule has 1 heterocycles. The SMILES string of the molecule is O=C(O)[C@H]1CN(C(=O)CC2CCCC2)c2ccccc21. The molecule has 2 aliphatic rings. The molecular formula is C16H19NO3. The zero-order valence-electron chi connectivity index (χ0n) is 11.4. The number of hydrogen-bond donors (Lipinski definition) is 1. The third kappa shape index (κ3) is 2.30. The van der Waals surface area contributed by atoms with Crippen LogP contribution in [-0.2, 0) is 9.59 Å². The molecule has 4 nitrogen and oxygen atoms in total. The summed E-state index contributed by atoms with van der Waals surface area (Å²) in [5, 5.41) is 9.31. The van der Waals surface area contributed by atoms with E-state index in [0.717, 1.165) is 24.1 Å². The summed E-state index contributed by atoms with van der Waals surface area (Å²) in [6.45, 7) is 0.278. The highest BCUT2D eigenvalue weighted by atomic mass is 16.4. The Morgan fingerprint density at radius 3 is 2.60 bits per heavy atom. The van der Waals surface area contributed by atoms with E-state index in [9.17, 15) is 14.7 Å². The van der Waals surface area contributed by atoms with E-state index < -0.39 is 11.9 Å². The lowest BCUT2D eigenvalue weighted by molar-refractivity contribution is -0.138. The van der Waals surface area contributed by atoms with Gasteiger partial charge in [0.2, 0.25) is 5.91 Å². The monoisotopic (exact) mass is 273 g/mol. The Morgan fingerprint density at radius 1 is 1.20 bits per heavy atom. The topological polar surface area (TPSA) is 57.6 Å². The minimum Gasteiger partial charge on any atom is -0.481 e. The molecule has 0 saturated heterocycles. The Balaban J connectivity index is 1.80. The predicted molar refractivity (Wildman–Crippen MR) is 75.7 cm³/mol. The number of hydrogen-bond acceptors (Lipinski definition) is 2. The van der Waals surface area contributed by atoms with Crippen LogP contribution in [0.25, 0.3) is 0 Å². The molecule has 106 valence electrons. The van der Waals surface area contributed by atoms with Crippen molar-refractivity contribution in [3.63, 3.8) is 0 Å². The van der Waals surface area contributed by atoms with E-state index in [0.29, 0.717) is 12.3 Å². The van der Waals surface area contributed by atoms with Gasteiger partial charge in [-0.1, -0.05) is 31.0 Å². The average molecular weight is 273 g/mol. The first-order valence-electron chi connectivity index (χ1n) is 7.29. The minimum atomic E-state index is -0.853. The van der Waals surface area contributed by atoms with Gasteiger partial charge in [-0.15, -0.1) is 0 Å². The van der Waals surface area contributed by atoms with Crippen molar-refractivity contribution in [2.45, 2.75) is 38.0 Å². The van der Waals surface area contributed by atoms with Crippen LogP contribution < -0.4 is 4.90 Å². The van der Waals surface area contributed by atoms with Crippen LogP contribution in [0.3, 0.4) is 0 Å². The number of anilines is 1. The molecule has 0 aromatic heterocycles.